The first kappa shape index (κ1) is 49.1. The molecule has 0 atom stereocenters. The lowest BCUT2D eigenvalue weighted by atomic mass is 10.0. The zero-order valence-corrected chi connectivity index (χ0v) is 44.0. The van der Waals surface area contributed by atoms with Crippen molar-refractivity contribution < 1.29 is 0 Å². The fraction of sp³-hybridized carbons (Fsp3) is 0.600. The Kier molecular flexibility index (Phi) is 14.8. The lowest BCUT2D eigenvalue weighted by molar-refractivity contribution is 1.02. The normalized spacial score (nSPS) is 11.4. The number of rotatable bonds is 15. The van der Waals surface area contributed by atoms with E-state index >= 15 is 0 Å². The SMILES string of the molecule is Cc1c(N(C)C)c(N(C)C)c(N(C)C)c([Si](Cl)(c2c(N(C)C)c(C)c(N(C)C)c(N(C)C)c2N(C)C)c2c(N(C)C)c(C)c(N(C)C)c(N(C)C)c2N(C)C)c1N(C)C. The van der Waals surface area contributed by atoms with Crippen molar-refractivity contribution in [2.45, 2.75) is 20.8 Å². The van der Waals surface area contributed by atoms with Crippen molar-refractivity contribution in [1.82, 2.24) is 0 Å². The van der Waals surface area contributed by atoms with E-state index in [0.29, 0.717) is 0 Å². The molecular weight excluding hydrogens is 772 g/mol. The van der Waals surface area contributed by atoms with Crippen LogP contribution in [0.1, 0.15) is 16.7 Å². The van der Waals surface area contributed by atoms with E-state index in [9.17, 15) is 11.1 Å². The molecule has 0 heterocycles. The maximum atomic E-state index is 9.64. The topological polar surface area (TPSA) is 38.9 Å². The number of hydrogen-bond acceptors (Lipinski definition) is 12. The Balaban J connectivity index is 3.39. The van der Waals surface area contributed by atoms with E-state index in [-0.39, 0.29) is 0 Å². The monoisotopic (exact) mass is 853 g/mol. The number of benzene rings is 3. The highest BCUT2D eigenvalue weighted by Crippen LogP contribution is 2.51. The van der Waals surface area contributed by atoms with E-state index in [1.54, 1.807) is 0 Å². The zero-order chi connectivity index (χ0) is 45.8. The molecule has 14 heteroatoms. The first-order valence-corrected chi connectivity index (χ1v) is 23.4. The summed E-state index contributed by atoms with van der Waals surface area (Å²) in [5, 5.41) is 3.46. The van der Waals surface area contributed by atoms with Crippen LogP contribution in [0.4, 0.5) is 68.2 Å². The zero-order valence-electron chi connectivity index (χ0n) is 42.2. The van der Waals surface area contributed by atoms with Gasteiger partial charge in [0.25, 0.3) is 7.38 Å². The van der Waals surface area contributed by atoms with Crippen LogP contribution in [0.3, 0.4) is 0 Å². The largest absolute Gasteiger partial charge is 0.377 e. The van der Waals surface area contributed by atoms with Gasteiger partial charge in [-0.05, 0) is 37.5 Å². The van der Waals surface area contributed by atoms with Gasteiger partial charge in [-0.2, -0.15) is 0 Å². The predicted octanol–water partition coefficient (Wildman–Crippen LogP) is 4.61. The van der Waals surface area contributed by atoms with Gasteiger partial charge < -0.3 is 58.8 Å². The highest BCUT2D eigenvalue weighted by Gasteiger charge is 2.54. The Morgan fingerprint density at radius 3 is 0.475 bits per heavy atom. The predicted molar refractivity (Wildman–Crippen MR) is 276 cm³/mol. The summed E-state index contributed by atoms with van der Waals surface area (Å²) in [4.78, 5) is 27.5. The van der Waals surface area contributed by atoms with Crippen LogP contribution >= 0.6 is 11.1 Å². The molecule has 332 valence electrons. The molecule has 0 aliphatic carbocycles. The fourth-order valence-corrected chi connectivity index (χ4v) is 16.3. The molecule has 0 saturated carbocycles. The molecule has 0 radical (unpaired) electrons. The summed E-state index contributed by atoms with van der Waals surface area (Å²) in [6, 6.07) is 0. The summed E-state index contributed by atoms with van der Waals surface area (Å²) in [5.41, 5.74) is 17.2. The Bertz CT molecular complexity index is 1790. The van der Waals surface area contributed by atoms with E-state index in [0.717, 1.165) is 66.7 Å². The van der Waals surface area contributed by atoms with Crippen molar-refractivity contribution in [1.29, 1.82) is 0 Å². The summed E-state index contributed by atoms with van der Waals surface area (Å²) in [6.07, 6.45) is 0. The van der Waals surface area contributed by atoms with Crippen molar-refractivity contribution >= 4 is 102 Å². The first-order chi connectivity index (χ1) is 27.0. The molecule has 0 unspecified atom stereocenters. The van der Waals surface area contributed by atoms with Crippen LogP contribution in [-0.2, 0) is 0 Å². The molecule has 0 bridgehead atoms. The Morgan fingerprint density at radius 1 is 0.220 bits per heavy atom. The molecule has 3 rings (SSSR count). The van der Waals surface area contributed by atoms with E-state index in [1.165, 1.54) is 33.8 Å². The minimum Gasteiger partial charge on any atom is -0.377 e. The lowest BCUT2D eigenvalue weighted by Crippen LogP contribution is -2.68. The second-order valence-electron chi connectivity index (χ2n) is 18.6. The molecule has 12 nitrogen and oxygen atoms in total. The number of anilines is 12. The van der Waals surface area contributed by atoms with Crippen molar-refractivity contribution in [3.05, 3.63) is 16.7 Å². The third kappa shape index (κ3) is 8.05. The van der Waals surface area contributed by atoms with E-state index < -0.39 is 7.38 Å². The molecule has 0 aliphatic rings. The number of nitrogens with zero attached hydrogens (tertiary/aromatic N) is 12. The van der Waals surface area contributed by atoms with Crippen molar-refractivity contribution in [2.75, 3.05) is 228 Å². The molecule has 0 N–H and O–H groups in total. The maximum absolute atomic E-state index is 9.64. The van der Waals surface area contributed by atoms with E-state index in [4.69, 9.17) is 0 Å². The van der Waals surface area contributed by atoms with Gasteiger partial charge in [-0.15, -0.1) is 11.1 Å². The lowest BCUT2D eigenvalue weighted by Gasteiger charge is -2.46. The average molecular weight is 854 g/mol. The molecule has 0 saturated heterocycles. The van der Waals surface area contributed by atoms with Crippen LogP contribution in [0.25, 0.3) is 0 Å². The second-order valence-corrected chi connectivity index (χ2v) is 23.1. The van der Waals surface area contributed by atoms with Gasteiger partial charge >= 0.3 is 0 Å². The van der Waals surface area contributed by atoms with Gasteiger partial charge in [0.2, 0.25) is 0 Å². The Morgan fingerprint density at radius 2 is 0.356 bits per heavy atom. The highest BCUT2D eigenvalue weighted by atomic mass is 35.6. The maximum Gasteiger partial charge on any atom is 0.260 e. The second kappa shape index (κ2) is 17.8. The minimum absolute atomic E-state index is 1.11. The van der Waals surface area contributed by atoms with Gasteiger partial charge in [-0.1, -0.05) is 0 Å². The molecule has 3 aromatic carbocycles. The molecular formula is C45H81ClN12Si. The number of hydrogen-bond donors (Lipinski definition) is 0. The van der Waals surface area contributed by atoms with Crippen molar-refractivity contribution in [3.8, 4) is 0 Å². The molecule has 3 aromatic rings. The molecule has 0 amide bonds. The summed E-state index contributed by atoms with van der Waals surface area (Å²) < 4.78 is 0. The van der Waals surface area contributed by atoms with Gasteiger partial charge in [0.1, 0.15) is 0 Å². The highest BCUT2D eigenvalue weighted by molar-refractivity contribution is 7.42. The molecule has 0 fully saturated rings. The standard InChI is InChI=1S/C45H81ClN12Si/c1-28-31(47(4)5)37(53(16)17)40(56(22)23)43(34(28)50(10)11)59(46,44-35(51(12)13)29(2)32(48(6)7)38(54(18)19)41(44)57(24)25)45-36(52(14)15)30(3)33(49(8)9)39(55(20)21)42(45)58(26)27/h1-27H3. The summed E-state index contributed by atoms with van der Waals surface area (Å²) >= 11 is 9.64. The van der Waals surface area contributed by atoms with E-state index in [2.05, 4.69) is 249 Å². The summed E-state index contributed by atoms with van der Waals surface area (Å²) in [7, 11) is 48.2. The molecule has 0 spiro atoms. The third-order valence-electron chi connectivity index (χ3n) is 11.3. The quantitative estimate of drug-likeness (QED) is 0.122. The molecule has 0 aliphatic heterocycles. The molecule has 59 heavy (non-hydrogen) atoms. The van der Waals surface area contributed by atoms with Crippen molar-refractivity contribution in [3.63, 3.8) is 0 Å². The Labute approximate surface area is 366 Å². The van der Waals surface area contributed by atoms with Crippen LogP contribution < -0.4 is 74.4 Å². The Hall–Kier alpha value is -4.23. The minimum atomic E-state index is -3.93. The molecule has 0 aromatic heterocycles. The average Bonchev–Trinajstić information content (AvgIpc) is 3.07. The van der Waals surface area contributed by atoms with Gasteiger partial charge in [0.05, 0.1) is 51.2 Å². The first-order valence-electron chi connectivity index (χ1n) is 20.4. The van der Waals surface area contributed by atoms with Crippen LogP contribution in [0.2, 0.25) is 0 Å². The number of halogens is 1. The van der Waals surface area contributed by atoms with Gasteiger partial charge in [0, 0.05) is 202 Å². The fourth-order valence-electron chi connectivity index (χ4n) is 9.71. The van der Waals surface area contributed by atoms with Gasteiger partial charge in [-0.25, -0.2) is 0 Å². The smallest absolute Gasteiger partial charge is 0.260 e. The summed E-state index contributed by atoms with van der Waals surface area (Å²) in [5.74, 6) is 0. The third-order valence-corrected chi connectivity index (χ3v) is 16.5. The van der Waals surface area contributed by atoms with Gasteiger partial charge in [-0.3, -0.25) is 0 Å². The van der Waals surface area contributed by atoms with Crippen molar-refractivity contribution in [2.24, 2.45) is 0 Å². The van der Waals surface area contributed by atoms with Crippen LogP contribution in [0, 0.1) is 20.8 Å². The van der Waals surface area contributed by atoms with Crippen LogP contribution in [-0.4, -0.2) is 177 Å². The summed E-state index contributed by atoms with van der Waals surface area (Å²) in [6.45, 7) is 6.84. The van der Waals surface area contributed by atoms with E-state index in [1.807, 2.05) is 0 Å². The van der Waals surface area contributed by atoms with Gasteiger partial charge in [0.15, 0.2) is 0 Å². The van der Waals surface area contributed by atoms with Crippen LogP contribution in [0.15, 0.2) is 0 Å². The van der Waals surface area contributed by atoms with Crippen LogP contribution in [0.5, 0.6) is 0 Å².